The van der Waals surface area contributed by atoms with Gasteiger partial charge >= 0.3 is 0 Å². The first-order chi connectivity index (χ1) is 11.7. The van der Waals surface area contributed by atoms with E-state index in [2.05, 4.69) is 15.5 Å². The fourth-order valence-electron chi connectivity index (χ4n) is 2.13. The first-order valence-corrected chi connectivity index (χ1v) is 7.34. The number of fused-ring (bicyclic) bond motifs is 1. The third-order valence-corrected chi connectivity index (χ3v) is 3.29. The van der Waals surface area contributed by atoms with E-state index in [0.29, 0.717) is 11.3 Å². The molecule has 1 aromatic heterocycles. The van der Waals surface area contributed by atoms with Gasteiger partial charge in [0, 0.05) is 5.52 Å². The molecule has 6 nitrogen and oxygen atoms in total. The van der Waals surface area contributed by atoms with Crippen molar-refractivity contribution in [2.45, 2.75) is 0 Å². The highest BCUT2D eigenvalue weighted by molar-refractivity contribution is 5.88. The summed E-state index contributed by atoms with van der Waals surface area (Å²) in [4.78, 5) is 26.4. The highest BCUT2D eigenvalue weighted by atomic mass is 16.5. The van der Waals surface area contributed by atoms with Crippen molar-refractivity contribution < 1.29 is 9.53 Å². The summed E-state index contributed by atoms with van der Waals surface area (Å²) in [5, 5.41) is 4.68. The van der Waals surface area contributed by atoms with Crippen molar-refractivity contribution in [2.24, 2.45) is 5.10 Å². The van der Waals surface area contributed by atoms with E-state index >= 15 is 0 Å². The molecule has 0 aliphatic rings. The normalized spacial score (nSPS) is 10.8. The van der Waals surface area contributed by atoms with Crippen LogP contribution in [-0.4, -0.2) is 23.7 Å². The number of hydrazone groups is 1. The minimum absolute atomic E-state index is 0.157. The first kappa shape index (κ1) is 15.5. The van der Waals surface area contributed by atoms with Crippen LogP contribution in [0.4, 0.5) is 0 Å². The monoisotopic (exact) mass is 321 g/mol. The predicted molar refractivity (Wildman–Crippen MR) is 92.2 cm³/mol. The van der Waals surface area contributed by atoms with E-state index in [4.69, 9.17) is 4.74 Å². The number of para-hydroxylation sites is 2. The number of amides is 1. The molecule has 0 atom stereocenters. The van der Waals surface area contributed by atoms with Gasteiger partial charge in [0.15, 0.2) is 6.61 Å². The summed E-state index contributed by atoms with van der Waals surface area (Å²) in [7, 11) is 0. The quantitative estimate of drug-likeness (QED) is 0.557. The maximum Gasteiger partial charge on any atom is 0.277 e. The Hall–Kier alpha value is -3.41. The number of carbonyl (C=O) groups excluding carboxylic acids is 1. The molecule has 0 spiro atoms. The van der Waals surface area contributed by atoms with Gasteiger partial charge in [0.1, 0.15) is 5.75 Å². The Morgan fingerprint density at radius 1 is 1.12 bits per heavy atom. The first-order valence-electron chi connectivity index (χ1n) is 7.34. The van der Waals surface area contributed by atoms with Crippen molar-refractivity contribution in [1.29, 1.82) is 0 Å². The van der Waals surface area contributed by atoms with Crippen LogP contribution < -0.4 is 15.7 Å². The lowest BCUT2D eigenvalue weighted by Gasteiger charge is -2.04. The van der Waals surface area contributed by atoms with Gasteiger partial charge in [-0.3, -0.25) is 9.59 Å². The number of ether oxygens (including phenoxy) is 1. The fraction of sp³-hybridized carbons (Fsp3) is 0.0556. The van der Waals surface area contributed by atoms with Crippen LogP contribution in [0.5, 0.6) is 5.75 Å². The van der Waals surface area contributed by atoms with Gasteiger partial charge in [-0.2, -0.15) is 5.10 Å². The smallest absolute Gasteiger partial charge is 0.277 e. The molecule has 0 fully saturated rings. The van der Waals surface area contributed by atoms with Gasteiger partial charge in [-0.15, -0.1) is 0 Å². The third-order valence-electron chi connectivity index (χ3n) is 3.29. The number of H-pyrrole nitrogens is 1. The summed E-state index contributed by atoms with van der Waals surface area (Å²) in [5.74, 6) is 0.190. The number of nitrogens with one attached hydrogen (secondary N) is 2. The second-order valence-corrected chi connectivity index (χ2v) is 5.04. The molecule has 0 unspecified atom stereocenters. The van der Waals surface area contributed by atoms with Crippen LogP contribution in [0.3, 0.4) is 0 Å². The third kappa shape index (κ3) is 3.86. The van der Waals surface area contributed by atoms with Crippen LogP contribution in [0, 0.1) is 0 Å². The van der Waals surface area contributed by atoms with Crippen LogP contribution in [0.2, 0.25) is 0 Å². The molecule has 2 aromatic carbocycles. The van der Waals surface area contributed by atoms with E-state index in [1.807, 2.05) is 42.5 Å². The fourth-order valence-corrected chi connectivity index (χ4v) is 2.13. The number of benzene rings is 2. The van der Waals surface area contributed by atoms with Crippen molar-refractivity contribution in [3.8, 4) is 5.75 Å². The summed E-state index contributed by atoms with van der Waals surface area (Å²) in [6.07, 6.45) is 1.31. The van der Waals surface area contributed by atoms with Crippen LogP contribution in [0.1, 0.15) is 5.56 Å². The molecule has 1 amide bonds. The number of aromatic amines is 1. The summed E-state index contributed by atoms with van der Waals surface area (Å²) < 4.78 is 5.30. The molecule has 0 radical (unpaired) electrons. The maximum absolute atomic E-state index is 11.9. The van der Waals surface area contributed by atoms with E-state index in [1.165, 1.54) is 6.21 Å². The largest absolute Gasteiger partial charge is 0.484 e. The Morgan fingerprint density at radius 2 is 1.88 bits per heavy atom. The zero-order valence-electron chi connectivity index (χ0n) is 12.7. The van der Waals surface area contributed by atoms with Gasteiger partial charge in [0.2, 0.25) is 0 Å². The lowest BCUT2D eigenvalue weighted by atomic mass is 10.2. The van der Waals surface area contributed by atoms with Gasteiger partial charge in [-0.25, -0.2) is 5.43 Å². The molecule has 120 valence electrons. The van der Waals surface area contributed by atoms with Crippen LogP contribution in [0.25, 0.3) is 10.9 Å². The molecule has 0 saturated heterocycles. The molecule has 0 aliphatic heterocycles. The number of hydrogen-bond donors (Lipinski definition) is 2. The molecule has 1 heterocycles. The molecule has 0 saturated carbocycles. The Balaban J connectivity index is 1.60. The zero-order chi connectivity index (χ0) is 16.8. The second kappa shape index (κ2) is 7.23. The van der Waals surface area contributed by atoms with E-state index < -0.39 is 5.91 Å². The zero-order valence-corrected chi connectivity index (χ0v) is 12.7. The van der Waals surface area contributed by atoms with Crippen molar-refractivity contribution >= 4 is 23.0 Å². The molecular formula is C18H15N3O3. The molecule has 0 bridgehead atoms. The van der Waals surface area contributed by atoms with Crippen LogP contribution >= 0.6 is 0 Å². The molecule has 0 aliphatic carbocycles. The Morgan fingerprint density at radius 3 is 2.71 bits per heavy atom. The van der Waals surface area contributed by atoms with E-state index in [0.717, 1.165) is 10.9 Å². The van der Waals surface area contributed by atoms with Gasteiger partial charge in [0.25, 0.3) is 11.5 Å². The summed E-state index contributed by atoms with van der Waals surface area (Å²) >= 11 is 0. The average Bonchev–Trinajstić information content (AvgIpc) is 2.61. The number of rotatable bonds is 5. The molecule has 6 heteroatoms. The molecular weight excluding hydrogens is 306 g/mol. The standard InChI is InChI=1S/C18H15N3O3/c22-17(12-24-15-7-2-1-3-8-15)21-19-11-14-10-13-6-4-5-9-16(13)20-18(14)23/h1-11H,12H2,(H,20,23)(H,21,22). The number of pyridine rings is 1. The highest BCUT2D eigenvalue weighted by Crippen LogP contribution is 2.09. The lowest BCUT2D eigenvalue weighted by molar-refractivity contribution is -0.123. The average molecular weight is 321 g/mol. The Labute approximate surface area is 137 Å². The summed E-state index contributed by atoms with van der Waals surface area (Å²) in [5.41, 5.74) is 3.17. The van der Waals surface area contributed by atoms with Gasteiger partial charge in [-0.05, 0) is 29.7 Å². The van der Waals surface area contributed by atoms with Crippen LogP contribution in [-0.2, 0) is 4.79 Å². The molecule has 3 aromatic rings. The maximum atomic E-state index is 11.9. The van der Waals surface area contributed by atoms with Crippen molar-refractivity contribution in [1.82, 2.24) is 10.4 Å². The van der Waals surface area contributed by atoms with Crippen LogP contribution in [0.15, 0.2) is 70.6 Å². The minimum atomic E-state index is -0.410. The van der Waals surface area contributed by atoms with Gasteiger partial charge < -0.3 is 9.72 Å². The predicted octanol–water partition coefficient (Wildman–Crippen LogP) is 2.06. The second-order valence-electron chi connectivity index (χ2n) is 5.04. The SMILES string of the molecule is O=C(COc1ccccc1)NN=Cc1cc2ccccc2[nH]c1=O. The summed E-state index contributed by atoms with van der Waals surface area (Å²) in [6.45, 7) is -0.157. The highest BCUT2D eigenvalue weighted by Gasteiger charge is 2.02. The molecule has 24 heavy (non-hydrogen) atoms. The van der Waals surface area contributed by atoms with Crippen molar-refractivity contribution in [3.63, 3.8) is 0 Å². The number of aromatic nitrogens is 1. The molecule has 2 N–H and O–H groups in total. The minimum Gasteiger partial charge on any atom is -0.484 e. The summed E-state index contributed by atoms with van der Waals surface area (Å²) in [6, 6.07) is 18.1. The van der Waals surface area contributed by atoms with Crippen molar-refractivity contribution in [2.75, 3.05) is 6.61 Å². The number of nitrogens with zero attached hydrogens (tertiary/aromatic N) is 1. The van der Waals surface area contributed by atoms with Gasteiger partial charge in [0.05, 0.1) is 11.8 Å². The topological polar surface area (TPSA) is 83.5 Å². The Bertz CT molecular complexity index is 933. The number of hydrogen-bond acceptors (Lipinski definition) is 4. The number of carbonyl (C=O) groups is 1. The lowest BCUT2D eigenvalue weighted by Crippen LogP contribution is -2.25. The van der Waals surface area contributed by atoms with E-state index in [9.17, 15) is 9.59 Å². The van der Waals surface area contributed by atoms with Crippen molar-refractivity contribution in [3.05, 3.63) is 76.6 Å². The molecule has 3 rings (SSSR count). The van der Waals surface area contributed by atoms with Gasteiger partial charge in [-0.1, -0.05) is 36.4 Å². The van der Waals surface area contributed by atoms with E-state index in [-0.39, 0.29) is 12.2 Å². The van der Waals surface area contributed by atoms with E-state index in [1.54, 1.807) is 18.2 Å². The Kier molecular flexibility index (Phi) is 4.67.